The van der Waals surface area contributed by atoms with Gasteiger partial charge in [0.15, 0.2) is 5.15 Å². The predicted molar refractivity (Wildman–Crippen MR) is 52.7 cm³/mol. The smallest absolute Gasteiger partial charge is 0.143 e. The molecule has 1 aromatic rings. The van der Waals surface area contributed by atoms with Gasteiger partial charge in [-0.3, -0.25) is 0 Å². The third kappa shape index (κ3) is 3.41. The lowest BCUT2D eigenvalue weighted by atomic mass is 10.4. The lowest BCUT2D eigenvalue weighted by molar-refractivity contribution is 0.886. The number of hydrogen-bond donors (Lipinski definition) is 0. The first kappa shape index (κ1) is 9.81. The summed E-state index contributed by atoms with van der Waals surface area (Å²) in [4.78, 5) is 0. The molecule has 0 N–H and O–H groups in total. The van der Waals surface area contributed by atoms with Crippen molar-refractivity contribution in [2.24, 2.45) is 0 Å². The average molecular weight is 203 g/mol. The molecule has 0 saturated heterocycles. The molecule has 0 spiro atoms. The molecule has 66 valence electrons. The summed E-state index contributed by atoms with van der Waals surface area (Å²) in [7, 11) is 0. The van der Waals surface area contributed by atoms with Gasteiger partial charge in [-0.25, -0.2) is 0 Å². The largest absolute Gasteiger partial charge is 0.151 e. The first-order valence-corrected chi connectivity index (χ1v) is 5.31. The molecule has 1 aromatic heterocycles. The summed E-state index contributed by atoms with van der Waals surface area (Å²) in [5.74, 6) is 1.10. The van der Waals surface area contributed by atoms with Crippen LogP contribution in [0.2, 0.25) is 5.15 Å². The zero-order chi connectivity index (χ0) is 8.81. The Morgan fingerprint density at radius 1 is 1.42 bits per heavy atom. The highest BCUT2D eigenvalue weighted by molar-refractivity contribution is 7.99. The van der Waals surface area contributed by atoms with Gasteiger partial charge in [0.05, 0.1) is 0 Å². The van der Waals surface area contributed by atoms with Gasteiger partial charge in [0, 0.05) is 0 Å². The molecule has 0 saturated carbocycles. The van der Waals surface area contributed by atoms with Gasteiger partial charge in [-0.05, 0) is 24.3 Å². The van der Waals surface area contributed by atoms with E-state index in [1.54, 1.807) is 17.8 Å². The molecule has 0 atom stereocenters. The van der Waals surface area contributed by atoms with Crippen molar-refractivity contribution in [3.8, 4) is 0 Å². The van der Waals surface area contributed by atoms with Crippen LogP contribution in [0, 0.1) is 0 Å². The van der Waals surface area contributed by atoms with Crippen LogP contribution in [0.3, 0.4) is 0 Å². The Kier molecular flexibility index (Phi) is 4.40. The Labute approximate surface area is 81.7 Å². The third-order valence-electron chi connectivity index (χ3n) is 1.36. The molecule has 0 bridgehead atoms. The number of aromatic nitrogens is 2. The Morgan fingerprint density at radius 3 is 2.83 bits per heavy atom. The second-order valence-electron chi connectivity index (χ2n) is 2.40. The quantitative estimate of drug-likeness (QED) is 0.555. The average Bonchev–Trinajstić information content (AvgIpc) is 2.09. The Morgan fingerprint density at radius 2 is 2.25 bits per heavy atom. The van der Waals surface area contributed by atoms with E-state index < -0.39 is 0 Å². The van der Waals surface area contributed by atoms with Crippen molar-refractivity contribution in [3.05, 3.63) is 17.3 Å². The van der Waals surface area contributed by atoms with Gasteiger partial charge < -0.3 is 0 Å². The maximum Gasteiger partial charge on any atom is 0.151 e. The standard InChI is InChI=1S/C8H11ClN2S/c1-2-3-6-12-8-5-4-7(9)10-11-8/h4-5H,2-3,6H2,1H3. The van der Waals surface area contributed by atoms with Crippen molar-refractivity contribution in [2.45, 2.75) is 24.8 Å². The first-order valence-electron chi connectivity index (χ1n) is 3.95. The molecule has 0 aliphatic heterocycles. The van der Waals surface area contributed by atoms with Crippen LogP contribution in [0.25, 0.3) is 0 Å². The number of halogens is 1. The SMILES string of the molecule is CCCCSc1ccc(Cl)nn1. The van der Waals surface area contributed by atoms with E-state index in [4.69, 9.17) is 11.6 Å². The topological polar surface area (TPSA) is 25.8 Å². The molecule has 0 aliphatic carbocycles. The Balaban J connectivity index is 2.37. The maximum atomic E-state index is 5.59. The highest BCUT2D eigenvalue weighted by Crippen LogP contribution is 2.16. The van der Waals surface area contributed by atoms with Crippen LogP contribution in [-0.2, 0) is 0 Å². The summed E-state index contributed by atoms with van der Waals surface area (Å²) in [5, 5.41) is 9.09. The zero-order valence-electron chi connectivity index (χ0n) is 6.96. The second kappa shape index (κ2) is 5.38. The molecule has 0 unspecified atom stereocenters. The van der Waals surface area contributed by atoms with E-state index in [2.05, 4.69) is 17.1 Å². The van der Waals surface area contributed by atoms with E-state index in [9.17, 15) is 0 Å². The van der Waals surface area contributed by atoms with E-state index in [1.807, 2.05) is 6.07 Å². The summed E-state index contributed by atoms with van der Waals surface area (Å²) in [6.07, 6.45) is 2.43. The van der Waals surface area contributed by atoms with Crippen LogP contribution < -0.4 is 0 Å². The summed E-state index contributed by atoms with van der Waals surface area (Å²) in [6.45, 7) is 2.17. The lowest BCUT2D eigenvalue weighted by Gasteiger charge is -1.97. The molecular weight excluding hydrogens is 192 g/mol. The van der Waals surface area contributed by atoms with E-state index in [-0.39, 0.29) is 0 Å². The fourth-order valence-electron chi connectivity index (χ4n) is 0.702. The van der Waals surface area contributed by atoms with Gasteiger partial charge in [-0.1, -0.05) is 24.9 Å². The molecule has 4 heteroatoms. The molecule has 2 nitrogen and oxygen atoms in total. The molecule has 1 rings (SSSR count). The highest BCUT2D eigenvalue weighted by atomic mass is 35.5. The minimum Gasteiger partial charge on any atom is -0.143 e. The number of rotatable bonds is 4. The summed E-state index contributed by atoms with van der Waals surface area (Å²) in [6, 6.07) is 3.67. The molecule has 0 aliphatic rings. The second-order valence-corrected chi connectivity index (χ2v) is 3.90. The monoisotopic (exact) mass is 202 g/mol. The van der Waals surface area contributed by atoms with Crippen LogP contribution >= 0.6 is 23.4 Å². The van der Waals surface area contributed by atoms with Crippen molar-refractivity contribution in [1.29, 1.82) is 0 Å². The summed E-state index contributed by atoms with van der Waals surface area (Å²) in [5.41, 5.74) is 0. The summed E-state index contributed by atoms with van der Waals surface area (Å²) < 4.78 is 0. The number of nitrogens with zero attached hydrogens (tertiary/aromatic N) is 2. The van der Waals surface area contributed by atoms with Crippen molar-refractivity contribution < 1.29 is 0 Å². The van der Waals surface area contributed by atoms with Crippen LogP contribution in [-0.4, -0.2) is 16.0 Å². The van der Waals surface area contributed by atoms with Gasteiger partial charge in [0.25, 0.3) is 0 Å². The van der Waals surface area contributed by atoms with Gasteiger partial charge in [-0.2, -0.15) is 0 Å². The molecular formula is C8H11ClN2S. The van der Waals surface area contributed by atoms with Gasteiger partial charge in [0.1, 0.15) is 5.03 Å². The normalized spacial score (nSPS) is 10.2. The van der Waals surface area contributed by atoms with Gasteiger partial charge in [0.2, 0.25) is 0 Å². The van der Waals surface area contributed by atoms with E-state index in [1.165, 1.54) is 12.8 Å². The van der Waals surface area contributed by atoms with Gasteiger partial charge >= 0.3 is 0 Å². The zero-order valence-corrected chi connectivity index (χ0v) is 8.53. The van der Waals surface area contributed by atoms with E-state index in [0.717, 1.165) is 10.8 Å². The number of hydrogen-bond acceptors (Lipinski definition) is 3. The van der Waals surface area contributed by atoms with Crippen molar-refractivity contribution in [1.82, 2.24) is 10.2 Å². The maximum absolute atomic E-state index is 5.59. The number of thioether (sulfide) groups is 1. The van der Waals surface area contributed by atoms with E-state index in [0.29, 0.717) is 5.15 Å². The molecule has 1 heterocycles. The van der Waals surface area contributed by atoms with Crippen LogP contribution in [0.5, 0.6) is 0 Å². The fourth-order valence-corrected chi connectivity index (χ4v) is 1.71. The van der Waals surface area contributed by atoms with Crippen molar-refractivity contribution in [3.63, 3.8) is 0 Å². The molecule has 0 aromatic carbocycles. The van der Waals surface area contributed by atoms with Crippen LogP contribution in [0.1, 0.15) is 19.8 Å². The van der Waals surface area contributed by atoms with Crippen LogP contribution in [0.15, 0.2) is 17.2 Å². The van der Waals surface area contributed by atoms with Crippen molar-refractivity contribution in [2.75, 3.05) is 5.75 Å². The minimum absolute atomic E-state index is 0.454. The highest BCUT2D eigenvalue weighted by Gasteiger charge is 1.95. The summed E-state index contributed by atoms with van der Waals surface area (Å²) >= 11 is 7.31. The number of unbranched alkanes of at least 4 members (excludes halogenated alkanes) is 1. The van der Waals surface area contributed by atoms with Crippen molar-refractivity contribution >= 4 is 23.4 Å². The first-order chi connectivity index (χ1) is 5.83. The molecule has 12 heavy (non-hydrogen) atoms. The third-order valence-corrected chi connectivity index (χ3v) is 2.56. The van der Waals surface area contributed by atoms with Gasteiger partial charge in [-0.15, -0.1) is 22.0 Å². The molecule has 0 radical (unpaired) electrons. The Hall–Kier alpha value is -0.280. The minimum atomic E-state index is 0.454. The molecule has 0 amide bonds. The molecule has 0 fully saturated rings. The van der Waals surface area contributed by atoms with Crippen LogP contribution in [0.4, 0.5) is 0 Å². The Bertz CT molecular complexity index is 225. The van der Waals surface area contributed by atoms with E-state index >= 15 is 0 Å². The lowest BCUT2D eigenvalue weighted by Crippen LogP contribution is -1.86. The fraction of sp³-hybridized carbons (Fsp3) is 0.500. The predicted octanol–water partition coefficient (Wildman–Crippen LogP) is 3.02.